The second-order valence-corrected chi connectivity index (χ2v) is 7.99. The Kier molecular flexibility index (Phi) is 8.63. The van der Waals surface area contributed by atoms with Crippen molar-refractivity contribution < 1.29 is 0 Å². The van der Waals surface area contributed by atoms with Crippen molar-refractivity contribution in [3.8, 4) is 11.8 Å². The van der Waals surface area contributed by atoms with Crippen molar-refractivity contribution in [1.82, 2.24) is 4.90 Å². The van der Waals surface area contributed by atoms with Crippen molar-refractivity contribution in [3.05, 3.63) is 34.3 Å². The fourth-order valence-corrected chi connectivity index (χ4v) is 4.60. The first kappa shape index (κ1) is 20.6. The van der Waals surface area contributed by atoms with E-state index >= 15 is 0 Å². The van der Waals surface area contributed by atoms with Gasteiger partial charge in [-0.3, -0.25) is 4.90 Å². The molecule has 0 bridgehead atoms. The minimum Gasteiger partial charge on any atom is -0.292 e. The van der Waals surface area contributed by atoms with E-state index < -0.39 is 0 Å². The Labute approximate surface area is 164 Å². The van der Waals surface area contributed by atoms with Gasteiger partial charge in [0.05, 0.1) is 6.54 Å². The van der Waals surface area contributed by atoms with Crippen LogP contribution >= 0.6 is 24.0 Å². The monoisotopic (exact) mass is 379 g/mol. The third-order valence-corrected chi connectivity index (χ3v) is 6.13. The Morgan fingerprint density at radius 2 is 1.64 bits per heavy atom. The van der Waals surface area contributed by atoms with Crippen LogP contribution in [0.1, 0.15) is 81.3 Å². The number of halogens is 2. The van der Waals surface area contributed by atoms with Gasteiger partial charge in [-0.05, 0) is 56.3 Å². The standard InChI is InChI=1S/C22H30ClN.ClH/c1-24(20-12-6-3-7-13-20)16-8-9-18-14-15-21(22(23)17-18)19-10-4-2-5-11-19;/h14-15,17,19-20H,2-7,10-13,16H2,1H3;1H. The van der Waals surface area contributed by atoms with E-state index in [1.54, 1.807) is 0 Å². The van der Waals surface area contributed by atoms with Gasteiger partial charge in [0, 0.05) is 16.6 Å². The van der Waals surface area contributed by atoms with Crippen LogP contribution < -0.4 is 0 Å². The zero-order chi connectivity index (χ0) is 16.8. The highest BCUT2D eigenvalue weighted by Crippen LogP contribution is 2.36. The molecule has 0 radical (unpaired) electrons. The van der Waals surface area contributed by atoms with Crippen LogP contribution in [0.3, 0.4) is 0 Å². The van der Waals surface area contributed by atoms with Crippen molar-refractivity contribution in [2.24, 2.45) is 0 Å². The largest absolute Gasteiger partial charge is 0.292 e. The zero-order valence-corrected chi connectivity index (χ0v) is 17.0. The molecule has 25 heavy (non-hydrogen) atoms. The molecule has 138 valence electrons. The maximum Gasteiger partial charge on any atom is 0.0605 e. The molecule has 3 rings (SSSR count). The lowest BCUT2D eigenvalue weighted by Gasteiger charge is -2.29. The van der Waals surface area contributed by atoms with Crippen molar-refractivity contribution in [2.75, 3.05) is 13.6 Å². The summed E-state index contributed by atoms with van der Waals surface area (Å²) < 4.78 is 0. The van der Waals surface area contributed by atoms with E-state index in [2.05, 4.69) is 42.0 Å². The van der Waals surface area contributed by atoms with E-state index in [0.717, 1.165) is 23.2 Å². The first-order valence-corrected chi connectivity index (χ1v) is 10.1. The van der Waals surface area contributed by atoms with Gasteiger partial charge in [-0.15, -0.1) is 12.4 Å². The third-order valence-electron chi connectivity index (χ3n) is 5.80. The Bertz CT molecular complexity index is 590. The molecule has 0 aromatic heterocycles. The summed E-state index contributed by atoms with van der Waals surface area (Å²) in [5, 5.41) is 0.911. The molecule has 3 heteroatoms. The topological polar surface area (TPSA) is 3.24 Å². The molecular weight excluding hydrogens is 349 g/mol. The fourth-order valence-electron chi connectivity index (χ4n) is 4.27. The van der Waals surface area contributed by atoms with Gasteiger partial charge in [0.25, 0.3) is 0 Å². The molecule has 0 unspecified atom stereocenters. The van der Waals surface area contributed by atoms with Crippen LogP contribution in [-0.2, 0) is 0 Å². The normalized spacial score (nSPS) is 19.2. The number of hydrogen-bond donors (Lipinski definition) is 0. The van der Waals surface area contributed by atoms with E-state index in [-0.39, 0.29) is 12.4 Å². The van der Waals surface area contributed by atoms with Gasteiger partial charge in [-0.2, -0.15) is 0 Å². The first-order chi connectivity index (χ1) is 11.7. The quantitative estimate of drug-likeness (QED) is 0.547. The van der Waals surface area contributed by atoms with Gasteiger partial charge in [0.2, 0.25) is 0 Å². The van der Waals surface area contributed by atoms with E-state index in [0.29, 0.717) is 5.92 Å². The smallest absolute Gasteiger partial charge is 0.0605 e. The molecule has 0 N–H and O–H groups in total. The van der Waals surface area contributed by atoms with Crippen LogP contribution in [0.5, 0.6) is 0 Å². The zero-order valence-electron chi connectivity index (χ0n) is 15.4. The highest BCUT2D eigenvalue weighted by molar-refractivity contribution is 6.31. The summed E-state index contributed by atoms with van der Waals surface area (Å²) >= 11 is 6.55. The summed E-state index contributed by atoms with van der Waals surface area (Å²) in [5.41, 5.74) is 2.39. The highest BCUT2D eigenvalue weighted by atomic mass is 35.5. The summed E-state index contributed by atoms with van der Waals surface area (Å²) in [7, 11) is 2.21. The van der Waals surface area contributed by atoms with Crippen LogP contribution in [0.4, 0.5) is 0 Å². The lowest BCUT2D eigenvalue weighted by atomic mass is 9.84. The molecule has 0 aliphatic heterocycles. The predicted molar refractivity (Wildman–Crippen MR) is 111 cm³/mol. The van der Waals surface area contributed by atoms with Crippen molar-refractivity contribution >= 4 is 24.0 Å². The molecular formula is C22H31Cl2N. The van der Waals surface area contributed by atoms with E-state index in [1.807, 2.05) is 0 Å². The van der Waals surface area contributed by atoms with E-state index in [4.69, 9.17) is 11.6 Å². The molecule has 2 saturated carbocycles. The molecule has 1 nitrogen and oxygen atoms in total. The summed E-state index contributed by atoms with van der Waals surface area (Å²) in [5.74, 6) is 7.31. The van der Waals surface area contributed by atoms with Crippen molar-refractivity contribution in [1.29, 1.82) is 0 Å². The summed E-state index contributed by atoms with van der Waals surface area (Å²) in [6.45, 7) is 0.854. The number of nitrogens with zero attached hydrogens (tertiary/aromatic N) is 1. The van der Waals surface area contributed by atoms with Crippen LogP contribution in [0.25, 0.3) is 0 Å². The van der Waals surface area contributed by atoms with Crippen LogP contribution in [-0.4, -0.2) is 24.5 Å². The Morgan fingerprint density at radius 3 is 2.28 bits per heavy atom. The van der Waals surface area contributed by atoms with Gasteiger partial charge in [0.15, 0.2) is 0 Å². The molecule has 1 aromatic carbocycles. The maximum atomic E-state index is 6.55. The molecule has 1 aromatic rings. The molecule has 0 amide bonds. The molecule has 0 heterocycles. The second-order valence-electron chi connectivity index (χ2n) is 7.58. The van der Waals surface area contributed by atoms with Gasteiger partial charge >= 0.3 is 0 Å². The number of hydrogen-bond acceptors (Lipinski definition) is 1. The number of rotatable bonds is 3. The Balaban J connectivity index is 0.00000225. The number of benzene rings is 1. The molecule has 0 spiro atoms. The lowest BCUT2D eigenvalue weighted by Crippen LogP contribution is -2.33. The van der Waals surface area contributed by atoms with E-state index in [9.17, 15) is 0 Å². The maximum absolute atomic E-state index is 6.55. The summed E-state index contributed by atoms with van der Waals surface area (Å²) in [6, 6.07) is 7.17. The van der Waals surface area contributed by atoms with Crippen LogP contribution in [0.2, 0.25) is 5.02 Å². The van der Waals surface area contributed by atoms with E-state index in [1.165, 1.54) is 69.8 Å². The minimum atomic E-state index is 0. The predicted octanol–water partition coefficient (Wildman–Crippen LogP) is 6.43. The molecule has 2 fully saturated rings. The van der Waals surface area contributed by atoms with Crippen LogP contribution in [0.15, 0.2) is 18.2 Å². The second kappa shape index (κ2) is 10.5. The average Bonchev–Trinajstić information content (AvgIpc) is 2.63. The SMILES string of the molecule is CN(CC#Cc1ccc(C2CCCCC2)c(Cl)c1)C1CCCCC1.Cl. The molecule has 0 saturated heterocycles. The van der Waals surface area contributed by atoms with Gasteiger partial charge in [-0.1, -0.05) is 68.0 Å². The first-order valence-electron chi connectivity index (χ1n) is 9.72. The fraction of sp³-hybridized carbons (Fsp3) is 0.636. The third kappa shape index (κ3) is 5.92. The average molecular weight is 380 g/mol. The lowest BCUT2D eigenvalue weighted by molar-refractivity contribution is 0.212. The van der Waals surface area contributed by atoms with Crippen molar-refractivity contribution in [2.45, 2.75) is 76.2 Å². The summed E-state index contributed by atoms with van der Waals surface area (Å²) in [6.07, 6.45) is 13.5. The van der Waals surface area contributed by atoms with Crippen LogP contribution in [0, 0.1) is 11.8 Å². The van der Waals surface area contributed by atoms with Gasteiger partial charge < -0.3 is 0 Å². The highest BCUT2D eigenvalue weighted by Gasteiger charge is 2.18. The Morgan fingerprint density at radius 1 is 1.00 bits per heavy atom. The molecule has 0 atom stereocenters. The molecule has 2 aliphatic carbocycles. The molecule has 2 aliphatic rings. The minimum absolute atomic E-state index is 0. The van der Waals surface area contributed by atoms with Gasteiger partial charge in [-0.25, -0.2) is 0 Å². The summed E-state index contributed by atoms with van der Waals surface area (Å²) in [4.78, 5) is 2.42. The van der Waals surface area contributed by atoms with Gasteiger partial charge in [0.1, 0.15) is 0 Å². The van der Waals surface area contributed by atoms with Crippen molar-refractivity contribution in [3.63, 3.8) is 0 Å². The Hall–Kier alpha value is -0.680.